The largest absolute Gasteiger partial charge is 0.356 e. The molecule has 3 nitrogen and oxygen atoms in total. The van der Waals surface area contributed by atoms with E-state index in [0.717, 1.165) is 41.6 Å². The predicted octanol–water partition coefficient (Wildman–Crippen LogP) is 3.01. The number of hydrogen-bond donors (Lipinski definition) is 1. The van der Waals surface area contributed by atoms with Crippen molar-refractivity contribution in [1.82, 2.24) is 10.5 Å². The van der Waals surface area contributed by atoms with E-state index in [2.05, 4.69) is 17.4 Å². The first-order valence-corrected chi connectivity index (χ1v) is 6.14. The Morgan fingerprint density at radius 3 is 3.18 bits per heavy atom. The second-order valence-electron chi connectivity index (χ2n) is 4.20. The SMILES string of the molecule is CCNCc1noc2c1Cc1cc(Cl)ccc1-2. The lowest BCUT2D eigenvalue weighted by Gasteiger charge is -1.99. The van der Waals surface area contributed by atoms with Gasteiger partial charge in [-0.15, -0.1) is 0 Å². The summed E-state index contributed by atoms with van der Waals surface area (Å²) in [5.41, 5.74) is 4.56. The van der Waals surface area contributed by atoms with E-state index in [4.69, 9.17) is 16.1 Å². The van der Waals surface area contributed by atoms with Crippen molar-refractivity contribution in [2.75, 3.05) is 6.54 Å². The zero-order chi connectivity index (χ0) is 11.8. The standard InChI is InChI=1S/C13H13ClN2O/c1-2-15-7-12-11-6-8-5-9(14)3-4-10(8)13(11)17-16-12/h3-5,15H,2,6-7H2,1H3. The van der Waals surface area contributed by atoms with Crippen molar-refractivity contribution in [3.63, 3.8) is 0 Å². The number of nitrogens with one attached hydrogen (secondary N) is 1. The molecular formula is C13H13ClN2O. The summed E-state index contributed by atoms with van der Waals surface area (Å²) >= 11 is 6.00. The van der Waals surface area contributed by atoms with Gasteiger partial charge in [0.1, 0.15) is 5.69 Å². The minimum atomic E-state index is 0.761. The maximum absolute atomic E-state index is 6.00. The first-order valence-electron chi connectivity index (χ1n) is 5.76. The lowest BCUT2D eigenvalue weighted by Crippen LogP contribution is -2.13. The number of fused-ring (bicyclic) bond motifs is 3. The summed E-state index contributed by atoms with van der Waals surface area (Å²) in [4.78, 5) is 0. The van der Waals surface area contributed by atoms with Crippen molar-refractivity contribution in [3.8, 4) is 11.3 Å². The number of halogens is 1. The lowest BCUT2D eigenvalue weighted by atomic mass is 10.1. The second-order valence-corrected chi connectivity index (χ2v) is 4.63. The van der Waals surface area contributed by atoms with E-state index in [1.165, 1.54) is 11.1 Å². The van der Waals surface area contributed by atoms with Gasteiger partial charge in [-0.05, 0) is 30.3 Å². The molecule has 1 aliphatic carbocycles. The third-order valence-corrected chi connectivity index (χ3v) is 3.33. The van der Waals surface area contributed by atoms with Crippen LogP contribution in [0.1, 0.15) is 23.7 Å². The Kier molecular flexibility index (Phi) is 2.65. The highest BCUT2D eigenvalue weighted by Gasteiger charge is 2.26. The van der Waals surface area contributed by atoms with Gasteiger partial charge in [-0.25, -0.2) is 0 Å². The van der Waals surface area contributed by atoms with Crippen LogP contribution in [0.3, 0.4) is 0 Å². The normalized spacial score (nSPS) is 12.6. The van der Waals surface area contributed by atoms with Crippen molar-refractivity contribution >= 4 is 11.6 Å². The van der Waals surface area contributed by atoms with Crippen LogP contribution in [0.25, 0.3) is 11.3 Å². The molecule has 0 saturated heterocycles. The van der Waals surface area contributed by atoms with E-state index in [-0.39, 0.29) is 0 Å². The molecule has 0 radical (unpaired) electrons. The Morgan fingerprint density at radius 1 is 1.47 bits per heavy atom. The molecule has 17 heavy (non-hydrogen) atoms. The molecule has 1 heterocycles. The third kappa shape index (κ3) is 1.75. The molecule has 0 atom stereocenters. The summed E-state index contributed by atoms with van der Waals surface area (Å²) in [5.74, 6) is 0.907. The number of hydrogen-bond acceptors (Lipinski definition) is 3. The first kappa shape index (κ1) is 10.8. The van der Waals surface area contributed by atoms with Crippen LogP contribution in [0.15, 0.2) is 22.7 Å². The fraction of sp³-hybridized carbons (Fsp3) is 0.308. The molecule has 1 N–H and O–H groups in total. The Hall–Kier alpha value is -1.32. The van der Waals surface area contributed by atoms with Gasteiger partial charge in [0.2, 0.25) is 0 Å². The lowest BCUT2D eigenvalue weighted by molar-refractivity contribution is 0.420. The van der Waals surface area contributed by atoms with E-state index in [1.54, 1.807) is 0 Å². The van der Waals surface area contributed by atoms with Crippen LogP contribution in [-0.2, 0) is 13.0 Å². The van der Waals surface area contributed by atoms with Crippen LogP contribution in [0, 0.1) is 0 Å². The number of rotatable bonds is 3. The maximum Gasteiger partial charge on any atom is 0.170 e. The van der Waals surface area contributed by atoms with E-state index < -0.39 is 0 Å². The monoisotopic (exact) mass is 248 g/mol. The fourth-order valence-electron chi connectivity index (χ4n) is 2.24. The molecule has 0 bridgehead atoms. The Bertz CT molecular complexity index is 563. The van der Waals surface area contributed by atoms with E-state index in [9.17, 15) is 0 Å². The molecule has 2 aromatic rings. The summed E-state index contributed by atoms with van der Waals surface area (Å²) in [5, 5.41) is 8.17. The van der Waals surface area contributed by atoms with Gasteiger partial charge in [-0.1, -0.05) is 23.7 Å². The third-order valence-electron chi connectivity index (χ3n) is 3.09. The molecule has 0 unspecified atom stereocenters. The molecule has 3 rings (SSSR count). The summed E-state index contributed by atoms with van der Waals surface area (Å²) < 4.78 is 5.44. The molecule has 0 fully saturated rings. The molecule has 88 valence electrons. The van der Waals surface area contributed by atoms with E-state index >= 15 is 0 Å². The number of benzene rings is 1. The highest BCUT2D eigenvalue weighted by atomic mass is 35.5. The number of nitrogens with zero attached hydrogens (tertiary/aromatic N) is 1. The summed E-state index contributed by atoms with van der Waals surface area (Å²) in [6.07, 6.45) is 0.870. The van der Waals surface area contributed by atoms with Crippen LogP contribution in [-0.4, -0.2) is 11.7 Å². The van der Waals surface area contributed by atoms with Gasteiger partial charge >= 0.3 is 0 Å². The molecular weight excluding hydrogens is 236 g/mol. The molecule has 0 amide bonds. The molecule has 0 saturated carbocycles. The minimum absolute atomic E-state index is 0.761. The van der Waals surface area contributed by atoms with Crippen LogP contribution in [0.2, 0.25) is 5.02 Å². The average molecular weight is 249 g/mol. The number of aromatic nitrogens is 1. The van der Waals surface area contributed by atoms with Gasteiger partial charge in [0.15, 0.2) is 5.76 Å². The zero-order valence-corrected chi connectivity index (χ0v) is 10.3. The second kappa shape index (κ2) is 4.17. The van der Waals surface area contributed by atoms with Gasteiger partial charge in [0.25, 0.3) is 0 Å². The van der Waals surface area contributed by atoms with Crippen molar-refractivity contribution in [1.29, 1.82) is 0 Å². The highest BCUT2D eigenvalue weighted by molar-refractivity contribution is 6.30. The van der Waals surface area contributed by atoms with Gasteiger partial charge in [0, 0.05) is 29.1 Å². The van der Waals surface area contributed by atoms with Gasteiger partial charge in [-0.3, -0.25) is 0 Å². The van der Waals surface area contributed by atoms with E-state index in [0.29, 0.717) is 0 Å². The Labute approximate surface area is 105 Å². The molecule has 1 aliphatic rings. The Balaban J connectivity index is 1.99. The topological polar surface area (TPSA) is 38.1 Å². The van der Waals surface area contributed by atoms with Crippen molar-refractivity contribution in [3.05, 3.63) is 40.0 Å². The van der Waals surface area contributed by atoms with Gasteiger partial charge in [-0.2, -0.15) is 0 Å². The first-order chi connectivity index (χ1) is 8.29. The van der Waals surface area contributed by atoms with Crippen LogP contribution >= 0.6 is 11.6 Å². The summed E-state index contributed by atoms with van der Waals surface area (Å²) in [7, 11) is 0. The minimum Gasteiger partial charge on any atom is -0.356 e. The zero-order valence-electron chi connectivity index (χ0n) is 9.59. The molecule has 0 spiro atoms. The molecule has 1 aromatic heterocycles. The fourth-order valence-corrected chi connectivity index (χ4v) is 2.43. The maximum atomic E-state index is 6.00. The van der Waals surface area contributed by atoms with Crippen LogP contribution < -0.4 is 5.32 Å². The van der Waals surface area contributed by atoms with Crippen LogP contribution in [0.5, 0.6) is 0 Å². The quantitative estimate of drug-likeness (QED) is 0.774. The highest BCUT2D eigenvalue weighted by Crippen LogP contribution is 2.39. The predicted molar refractivity (Wildman–Crippen MR) is 67.1 cm³/mol. The summed E-state index contributed by atoms with van der Waals surface area (Å²) in [6, 6.07) is 5.90. The van der Waals surface area contributed by atoms with Crippen molar-refractivity contribution < 1.29 is 4.52 Å². The molecule has 4 heteroatoms. The summed E-state index contributed by atoms with van der Waals surface area (Å²) in [6.45, 7) is 3.77. The van der Waals surface area contributed by atoms with Gasteiger partial charge in [0.05, 0.1) is 0 Å². The van der Waals surface area contributed by atoms with Gasteiger partial charge < -0.3 is 9.84 Å². The molecule has 1 aromatic carbocycles. The Morgan fingerprint density at radius 2 is 2.35 bits per heavy atom. The van der Waals surface area contributed by atoms with Crippen molar-refractivity contribution in [2.45, 2.75) is 19.9 Å². The van der Waals surface area contributed by atoms with Crippen LogP contribution in [0.4, 0.5) is 0 Å². The van der Waals surface area contributed by atoms with E-state index in [1.807, 2.05) is 18.2 Å². The molecule has 0 aliphatic heterocycles. The van der Waals surface area contributed by atoms with Crippen molar-refractivity contribution in [2.24, 2.45) is 0 Å². The average Bonchev–Trinajstić information content (AvgIpc) is 2.84. The smallest absolute Gasteiger partial charge is 0.170 e.